The highest BCUT2D eigenvalue weighted by Crippen LogP contribution is 2.30. The number of hydrogen-bond donors (Lipinski definition) is 1. The van der Waals surface area contributed by atoms with Gasteiger partial charge in [-0.05, 0) is 19.3 Å². The van der Waals surface area contributed by atoms with Gasteiger partial charge in [-0.3, -0.25) is 14.9 Å². The second-order valence-electron chi connectivity index (χ2n) is 4.50. The number of rotatable bonds is 2. The summed E-state index contributed by atoms with van der Waals surface area (Å²) in [6, 6.07) is 2.35. The van der Waals surface area contributed by atoms with Gasteiger partial charge in [-0.25, -0.2) is 0 Å². The molecule has 6 nitrogen and oxygen atoms in total. The van der Waals surface area contributed by atoms with Crippen LogP contribution < -0.4 is 5.73 Å². The maximum absolute atomic E-state index is 12.3. The average molecular weight is 284 g/mol. The number of nitrogens with two attached hydrogens (primary N) is 1. The van der Waals surface area contributed by atoms with E-state index < -0.39 is 4.92 Å². The van der Waals surface area contributed by atoms with E-state index in [1.54, 1.807) is 4.90 Å². The van der Waals surface area contributed by atoms with Crippen LogP contribution in [0.2, 0.25) is 5.02 Å². The quantitative estimate of drug-likeness (QED) is 0.513. The number of carbonyl (C=O) groups excluding carboxylic acids is 1. The van der Waals surface area contributed by atoms with Crippen molar-refractivity contribution in [1.82, 2.24) is 4.90 Å². The van der Waals surface area contributed by atoms with Gasteiger partial charge in [0.15, 0.2) is 0 Å². The van der Waals surface area contributed by atoms with Crippen LogP contribution in [0.4, 0.5) is 11.4 Å². The Balaban J connectivity index is 2.37. The molecular weight excluding hydrogens is 270 g/mol. The number of likely N-dealkylation sites (tertiary alicyclic amines) is 1. The number of benzene rings is 1. The molecule has 7 heteroatoms. The van der Waals surface area contributed by atoms with E-state index in [0.717, 1.165) is 25.3 Å². The summed E-state index contributed by atoms with van der Waals surface area (Å²) in [4.78, 5) is 24.2. The third-order valence-corrected chi connectivity index (χ3v) is 3.51. The van der Waals surface area contributed by atoms with Crippen molar-refractivity contribution in [2.24, 2.45) is 0 Å². The second kappa shape index (κ2) is 5.44. The van der Waals surface area contributed by atoms with Gasteiger partial charge in [0.25, 0.3) is 11.6 Å². The standard InChI is InChI=1S/C12H14ClN3O3/c13-10-7-8(16(18)19)6-9(11(10)14)12(17)15-4-2-1-3-5-15/h6-7H,1-5,14H2. The number of carbonyl (C=O) groups is 1. The van der Waals surface area contributed by atoms with Crippen molar-refractivity contribution in [2.75, 3.05) is 18.8 Å². The highest BCUT2D eigenvalue weighted by Gasteiger charge is 2.24. The second-order valence-corrected chi connectivity index (χ2v) is 4.91. The van der Waals surface area contributed by atoms with Crippen LogP contribution >= 0.6 is 11.6 Å². The molecule has 1 heterocycles. The summed E-state index contributed by atoms with van der Waals surface area (Å²) in [7, 11) is 0. The minimum Gasteiger partial charge on any atom is -0.397 e. The van der Waals surface area contributed by atoms with Crippen molar-refractivity contribution in [2.45, 2.75) is 19.3 Å². The molecule has 1 aliphatic rings. The summed E-state index contributed by atoms with van der Waals surface area (Å²) in [5.74, 6) is -0.289. The summed E-state index contributed by atoms with van der Waals surface area (Å²) >= 11 is 5.85. The Morgan fingerprint density at radius 1 is 1.32 bits per heavy atom. The molecule has 2 rings (SSSR count). The molecule has 1 aliphatic heterocycles. The summed E-state index contributed by atoms with van der Waals surface area (Å²) in [5, 5.41) is 10.8. The molecule has 1 saturated heterocycles. The average Bonchev–Trinajstić information content (AvgIpc) is 2.41. The number of nitro benzene ring substituents is 1. The summed E-state index contributed by atoms with van der Waals surface area (Å²) in [6.45, 7) is 1.30. The Labute approximate surface area is 115 Å². The van der Waals surface area contributed by atoms with Crippen LogP contribution in [0.25, 0.3) is 0 Å². The zero-order chi connectivity index (χ0) is 14.0. The van der Waals surface area contributed by atoms with Crippen molar-refractivity contribution < 1.29 is 9.72 Å². The van der Waals surface area contributed by atoms with E-state index >= 15 is 0 Å². The molecular formula is C12H14ClN3O3. The molecule has 0 aliphatic carbocycles. The van der Waals surface area contributed by atoms with Crippen molar-refractivity contribution in [1.29, 1.82) is 0 Å². The largest absolute Gasteiger partial charge is 0.397 e. The lowest BCUT2D eigenvalue weighted by atomic mass is 10.1. The zero-order valence-corrected chi connectivity index (χ0v) is 11.0. The molecule has 1 amide bonds. The van der Waals surface area contributed by atoms with E-state index in [-0.39, 0.29) is 27.9 Å². The monoisotopic (exact) mass is 283 g/mol. The molecule has 0 bridgehead atoms. The molecule has 0 atom stereocenters. The molecule has 1 aromatic carbocycles. The molecule has 0 saturated carbocycles. The van der Waals surface area contributed by atoms with E-state index in [1.807, 2.05) is 0 Å². The van der Waals surface area contributed by atoms with Crippen LogP contribution in [-0.2, 0) is 0 Å². The minimum atomic E-state index is -0.585. The lowest BCUT2D eigenvalue weighted by Crippen LogP contribution is -2.36. The van der Waals surface area contributed by atoms with Gasteiger partial charge in [-0.2, -0.15) is 0 Å². The molecule has 19 heavy (non-hydrogen) atoms. The van der Waals surface area contributed by atoms with Gasteiger partial charge in [-0.1, -0.05) is 11.6 Å². The number of nitro groups is 1. The van der Waals surface area contributed by atoms with Crippen LogP contribution in [0.5, 0.6) is 0 Å². The molecule has 1 fully saturated rings. The lowest BCUT2D eigenvalue weighted by Gasteiger charge is -2.27. The van der Waals surface area contributed by atoms with Crippen LogP contribution in [-0.4, -0.2) is 28.8 Å². The Hall–Kier alpha value is -1.82. The van der Waals surface area contributed by atoms with Gasteiger partial charge < -0.3 is 10.6 Å². The first kappa shape index (κ1) is 13.6. The van der Waals surface area contributed by atoms with Gasteiger partial charge in [0.1, 0.15) is 0 Å². The highest BCUT2D eigenvalue weighted by molar-refractivity contribution is 6.34. The van der Waals surface area contributed by atoms with Gasteiger partial charge in [0, 0.05) is 25.2 Å². The predicted molar refractivity (Wildman–Crippen MR) is 72.3 cm³/mol. The number of amides is 1. The van der Waals surface area contributed by atoms with Crippen LogP contribution in [0.3, 0.4) is 0 Å². The Morgan fingerprint density at radius 3 is 2.53 bits per heavy atom. The number of nitrogen functional groups attached to an aromatic ring is 1. The van der Waals surface area contributed by atoms with E-state index in [0.29, 0.717) is 13.1 Å². The number of non-ortho nitro benzene ring substituents is 1. The fraction of sp³-hybridized carbons (Fsp3) is 0.417. The molecule has 1 aromatic rings. The SMILES string of the molecule is Nc1c(Cl)cc([N+](=O)[O-])cc1C(=O)N1CCCCC1. The number of nitrogens with zero attached hydrogens (tertiary/aromatic N) is 2. The van der Waals surface area contributed by atoms with Gasteiger partial charge in [0.05, 0.1) is 21.2 Å². The molecule has 0 spiro atoms. The van der Waals surface area contributed by atoms with Crippen molar-refractivity contribution in [3.63, 3.8) is 0 Å². The third kappa shape index (κ3) is 2.78. The molecule has 0 unspecified atom stereocenters. The van der Waals surface area contributed by atoms with Crippen molar-refractivity contribution in [3.05, 3.63) is 32.8 Å². The Kier molecular flexibility index (Phi) is 3.90. The number of anilines is 1. The van der Waals surface area contributed by atoms with E-state index in [2.05, 4.69) is 0 Å². The van der Waals surface area contributed by atoms with E-state index in [1.165, 1.54) is 6.07 Å². The van der Waals surface area contributed by atoms with E-state index in [9.17, 15) is 14.9 Å². The van der Waals surface area contributed by atoms with Gasteiger partial charge >= 0.3 is 0 Å². The van der Waals surface area contributed by atoms with Gasteiger partial charge in [-0.15, -0.1) is 0 Å². The normalized spacial score (nSPS) is 15.3. The van der Waals surface area contributed by atoms with Gasteiger partial charge in [0.2, 0.25) is 0 Å². The fourth-order valence-electron chi connectivity index (χ4n) is 2.15. The fourth-order valence-corrected chi connectivity index (χ4v) is 2.37. The minimum absolute atomic E-state index is 0.0366. The first-order chi connectivity index (χ1) is 9.00. The zero-order valence-electron chi connectivity index (χ0n) is 10.3. The molecule has 2 N–H and O–H groups in total. The first-order valence-corrected chi connectivity index (χ1v) is 6.41. The van der Waals surface area contributed by atoms with E-state index in [4.69, 9.17) is 17.3 Å². The maximum Gasteiger partial charge on any atom is 0.271 e. The Morgan fingerprint density at radius 2 is 1.95 bits per heavy atom. The number of halogens is 1. The van der Waals surface area contributed by atoms with Crippen molar-refractivity contribution in [3.8, 4) is 0 Å². The third-order valence-electron chi connectivity index (χ3n) is 3.20. The summed E-state index contributed by atoms with van der Waals surface area (Å²) in [6.07, 6.45) is 2.97. The Bertz CT molecular complexity index is 527. The number of hydrogen-bond acceptors (Lipinski definition) is 4. The topological polar surface area (TPSA) is 89.5 Å². The summed E-state index contributed by atoms with van der Waals surface area (Å²) in [5.41, 5.74) is 5.75. The first-order valence-electron chi connectivity index (χ1n) is 6.03. The van der Waals surface area contributed by atoms with Crippen LogP contribution in [0.15, 0.2) is 12.1 Å². The van der Waals surface area contributed by atoms with Crippen molar-refractivity contribution >= 4 is 28.9 Å². The van der Waals surface area contributed by atoms with Crippen LogP contribution in [0.1, 0.15) is 29.6 Å². The molecule has 102 valence electrons. The smallest absolute Gasteiger partial charge is 0.271 e. The van der Waals surface area contributed by atoms with Crippen LogP contribution in [0, 0.1) is 10.1 Å². The highest BCUT2D eigenvalue weighted by atomic mass is 35.5. The number of piperidine rings is 1. The maximum atomic E-state index is 12.3. The molecule has 0 aromatic heterocycles. The predicted octanol–water partition coefficient (Wildman–Crippen LogP) is 2.46. The lowest BCUT2D eigenvalue weighted by molar-refractivity contribution is -0.384. The summed E-state index contributed by atoms with van der Waals surface area (Å²) < 4.78 is 0. The molecule has 0 radical (unpaired) electrons.